The lowest BCUT2D eigenvalue weighted by atomic mass is 9.86. The van der Waals surface area contributed by atoms with Crippen molar-refractivity contribution in [3.8, 4) is 11.5 Å². The smallest absolute Gasteiger partial charge is 0.307 e. The normalized spacial score (nSPS) is 20.4. The highest BCUT2D eigenvalue weighted by atomic mass is 16.5. The Kier molecular flexibility index (Phi) is 11.7. The molecule has 250 valence electrons. The van der Waals surface area contributed by atoms with Crippen LogP contribution in [0.25, 0.3) is 0 Å². The van der Waals surface area contributed by atoms with Crippen molar-refractivity contribution in [3.63, 3.8) is 0 Å². The van der Waals surface area contributed by atoms with Gasteiger partial charge < -0.3 is 34.4 Å². The molecule has 2 heterocycles. The third kappa shape index (κ3) is 7.63. The molecule has 0 saturated carbocycles. The van der Waals surface area contributed by atoms with E-state index in [2.05, 4.69) is 5.32 Å². The zero-order valence-corrected chi connectivity index (χ0v) is 27.7. The maximum Gasteiger partial charge on any atom is 0.307 e. The summed E-state index contributed by atoms with van der Waals surface area (Å²) in [6.07, 6.45) is 0.682. The van der Waals surface area contributed by atoms with Gasteiger partial charge in [-0.2, -0.15) is 0 Å². The first-order chi connectivity index (χ1) is 22.0. The Morgan fingerprint density at radius 2 is 1.72 bits per heavy atom. The van der Waals surface area contributed by atoms with Crippen LogP contribution in [0.15, 0.2) is 42.5 Å². The van der Waals surface area contributed by atoms with Gasteiger partial charge in [0.2, 0.25) is 17.7 Å². The van der Waals surface area contributed by atoms with E-state index in [1.807, 2.05) is 26.0 Å². The number of nitrogens with one attached hydrogen (secondary N) is 1. The lowest BCUT2D eigenvalue weighted by Crippen LogP contribution is -2.69. The van der Waals surface area contributed by atoms with Gasteiger partial charge in [-0.25, -0.2) is 0 Å². The Labute approximate surface area is 271 Å². The van der Waals surface area contributed by atoms with E-state index in [0.717, 1.165) is 5.56 Å². The number of benzene rings is 2. The van der Waals surface area contributed by atoms with Crippen LogP contribution >= 0.6 is 0 Å². The highest BCUT2D eigenvalue weighted by molar-refractivity contribution is 6.04. The molecule has 1 saturated heterocycles. The highest BCUT2D eigenvalue weighted by Gasteiger charge is 2.57. The molecule has 2 aliphatic heterocycles. The minimum absolute atomic E-state index is 0.0106. The fraction of sp³-hybridized carbons (Fsp3) is 0.543. The quantitative estimate of drug-likeness (QED) is 0.236. The van der Waals surface area contributed by atoms with E-state index in [1.54, 1.807) is 68.0 Å². The van der Waals surface area contributed by atoms with Crippen molar-refractivity contribution in [1.82, 2.24) is 10.2 Å². The number of rotatable bonds is 14. The van der Waals surface area contributed by atoms with Crippen LogP contribution in [-0.2, 0) is 30.3 Å². The molecule has 1 fully saturated rings. The largest absolute Gasteiger partial charge is 0.497 e. The van der Waals surface area contributed by atoms with Gasteiger partial charge in [0, 0.05) is 30.2 Å². The summed E-state index contributed by atoms with van der Waals surface area (Å²) in [4.78, 5) is 58.7. The Morgan fingerprint density at radius 1 is 1.02 bits per heavy atom. The lowest BCUT2D eigenvalue weighted by Gasteiger charge is -2.50. The van der Waals surface area contributed by atoms with Gasteiger partial charge in [-0.05, 0) is 55.2 Å². The van der Waals surface area contributed by atoms with Gasteiger partial charge in [-0.3, -0.25) is 19.2 Å². The monoisotopic (exact) mass is 637 g/mol. The maximum atomic E-state index is 14.6. The second kappa shape index (κ2) is 15.4. The van der Waals surface area contributed by atoms with Crippen LogP contribution in [0.5, 0.6) is 11.5 Å². The number of ether oxygens (including phenoxy) is 3. The molecular formula is C35H47N3O8. The van der Waals surface area contributed by atoms with Crippen molar-refractivity contribution < 1.29 is 38.5 Å². The van der Waals surface area contributed by atoms with Gasteiger partial charge in [-0.1, -0.05) is 39.8 Å². The lowest BCUT2D eigenvalue weighted by molar-refractivity contribution is -0.153. The summed E-state index contributed by atoms with van der Waals surface area (Å²) in [5.74, 6) is -0.398. The van der Waals surface area contributed by atoms with Crippen molar-refractivity contribution in [1.29, 1.82) is 0 Å². The molecule has 0 bridgehead atoms. The summed E-state index contributed by atoms with van der Waals surface area (Å²) in [6.45, 7) is 9.70. The molecule has 4 atom stereocenters. The molecule has 3 amide bonds. The number of aliphatic hydroxyl groups is 1. The molecule has 11 nitrogen and oxygen atoms in total. The summed E-state index contributed by atoms with van der Waals surface area (Å²) in [6, 6.07) is 9.37. The first-order valence-electron chi connectivity index (χ1n) is 16.1. The number of fused-ring (bicyclic) bond motifs is 3. The van der Waals surface area contributed by atoms with E-state index in [1.165, 1.54) is 0 Å². The number of amides is 3. The summed E-state index contributed by atoms with van der Waals surface area (Å²) in [7, 11) is 1.57. The number of carbonyl (C=O) groups excluding carboxylic acids is 4. The molecular weight excluding hydrogens is 590 g/mol. The van der Waals surface area contributed by atoms with E-state index in [4.69, 9.17) is 14.2 Å². The van der Waals surface area contributed by atoms with E-state index < -0.39 is 30.1 Å². The third-order valence-corrected chi connectivity index (χ3v) is 8.41. The summed E-state index contributed by atoms with van der Waals surface area (Å²) >= 11 is 0. The molecule has 2 aromatic carbocycles. The van der Waals surface area contributed by atoms with Gasteiger partial charge >= 0.3 is 5.97 Å². The van der Waals surface area contributed by atoms with Gasteiger partial charge in [-0.15, -0.1) is 0 Å². The zero-order chi connectivity index (χ0) is 33.5. The summed E-state index contributed by atoms with van der Waals surface area (Å²) < 4.78 is 16.5. The number of hydrogen-bond acceptors (Lipinski definition) is 8. The van der Waals surface area contributed by atoms with Crippen LogP contribution in [-0.4, -0.2) is 78.8 Å². The Hall–Kier alpha value is -4.12. The number of nitrogens with zero attached hydrogens (tertiary/aromatic N) is 2. The number of methoxy groups -OCH3 is 1. The minimum atomic E-state index is -0.839. The van der Waals surface area contributed by atoms with Gasteiger partial charge in [0.15, 0.2) is 0 Å². The maximum absolute atomic E-state index is 14.6. The van der Waals surface area contributed by atoms with Gasteiger partial charge in [0.05, 0.1) is 51.3 Å². The molecule has 0 spiro atoms. The second-order valence-electron chi connectivity index (χ2n) is 12.5. The molecule has 0 aromatic heterocycles. The van der Waals surface area contributed by atoms with E-state index >= 15 is 0 Å². The van der Waals surface area contributed by atoms with Crippen molar-refractivity contribution in [2.75, 3.05) is 31.8 Å². The number of carbonyl (C=O) groups is 4. The van der Waals surface area contributed by atoms with Crippen molar-refractivity contribution in [3.05, 3.63) is 53.6 Å². The van der Waals surface area contributed by atoms with Crippen LogP contribution in [0.2, 0.25) is 0 Å². The second-order valence-corrected chi connectivity index (χ2v) is 12.5. The Morgan fingerprint density at radius 3 is 2.33 bits per heavy atom. The highest BCUT2D eigenvalue weighted by Crippen LogP contribution is 2.48. The molecule has 11 heteroatoms. The Balaban J connectivity index is 1.85. The van der Waals surface area contributed by atoms with E-state index in [-0.39, 0.29) is 55.6 Å². The predicted octanol–water partition coefficient (Wildman–Crippen LogP) is 3.81. The fourth-order valence-electron chi connectivity index (χ4n) is 6.30. The van der Waals surface area contributed by atoms with Crippen LogP contribution < -0.4 is 19.7 Å². The summed E-state index contributed by atoms with van der Waals surface area (Å²) in [5, 5.41) is 12.4. The van der Waals surface area contributed by atoms with Crippen LogP contribution in [0.3, 0.4) is 0 Å². The van der Waals surface area contributed by atoms with Crippen molar-refractivity contribution >= 4 is 29.4 Å². The topological polar surface area (TPSA) is 135 Å². The molecule has 4 rings (SSSR count). The number of anilines is 1. The van der Waals surface area contributed by atoms with E-state index in [0.29, 0.717) is 42.2 Å². The molecule has 1 unspecified atom stereocenters. The van der Waals surface area contributed by atoms with Gasteiger partial charge in [0.25, 0.3) is 0 Å². The van der Waals surface area contributed by atoms with Gasteiger partial charge in [0.1, 0.15) is 17.5 Å². The number of piperazine rings is 1. The molecule has 46 heavy (non-hydrogen) atoms. The molecule has 2 aliphatic rings. The van der Waals surface area contributed by atoms with Crippen LogP contribution in [0, 0.1) is 11.8 Å². The molecule has 0 aliphatic carbocycles. The van der Waals surface area contributed by atoms with Crippen molar-refractivity contribution in [2.45, 2.75) is 84.5 Å². The van der Waals surface area contributed by atoms with Crippen LogP contribution in [0.1, 0.15) is 71.0 Å². The number of aliphatic hydroxyl groups excluding tert-OH is 1. The minimum Gasteiger partial charge on any atom is -0.497 e. The molecule has 2 N–H and O–H groups in total. The molecule has 0 radical (unpaired) electrons. The zero-order valence-electron chi connectivity index (χ0n) is 27.7. The van der Waals surface area contributed by atoms with Crippen LogP contribution in [0.4, 0.5) is 5.69 Å². The standard InChI is InChI=1S/C35H47N3O8/c1-7-45-31(41)20-28-33-32(36-34(42)22(4)5)26-19-25(46-16-8-15-39)13-14-27(26)38(33)35(43)29(17-21(2)3)37(28)30(40)18-23-9-11-24(44-6)12-10-23/h9-14,19,21-22,28-29,32-33,39H,7-8,15-18,20H2,1-6H3,(H,36,42)/t28?,29-,32-,33+/m0/s1. The number of esters is 1. The first kappa shape index (κ1) is 34.7. The fourth-order valence-corrected chi connectivity index (χ4v) is 6.30. The molecule has 2 aromatic rings. The van der Waals surface area contributed by atoms with Crippen molar-refractivity contribution in [2.24, 2.45) is 11.8 Å². The number of hydrogen-bond donors (Lipinski definition) is 2. The third-order valence-electron chi connectivity index (χ3n) is 8.41. The summed E-state index contributed by atoms with van der Waals surface area (Å²) in [5.41, 5.74) is 2.00. The van der Waals surface area contributed by atoms with E-state index in [9.17, 15) is 24.3 Å². The first-order valence-corrected chi connectivity index (χ1v) is 16.1. The SMILES string of the molecule is CCOC(=O)CC1[C@@H]2[C@@H](NC(=O)C(C)C)c3cc(OCCCO)ccc3N2C(=O)[C@H](CC(C)C)N1C(=O)Cc1ccc(OC)cc1. The Bertz CT molecular complexity index is 1390. The predicted molar refractivity (Wildman–Crippen MR) is 172 cm³/mol. The average Bonchev–Trinajstić information content (AvgIpc) is 3.33. The average molecular weight is 638 g/mol.